The number of nitrogens with one attached hydrogen (secondary N) is 2. The number of nitrogens with zero attached hydrogens (tertiary/aromatic N) is 6. The first-order chi connectivity index (χ1) is 26.7. The Balaban J connectivity index is 1.27. The van der Waals surface area contributed by atoms with Crippen molar-refractivity contribution in [3.8, 4) is 11.1 Å². The van der Waals surface area contributed by atoms with Gasteiger partial charge >= 0.3 is 6.18 Å². The van der Waals surface area contributed by atoms with Crippen LogP contribution >= 0.6 is 0 Å². The van der Waals surface area contributed by atoms with Gasteiger partial charge in [-0.05, 0) is 54.7 Å². The van der Waals surface area contributed by atoms with Crippen LogP contribution in [0.3, 0.4) is 0 Å². The number of aryl methyl sites for hydroxylation is 1. The highest BCUT2D eigenvalue weighted by Crippen LogP contribution is 2.68. The molecule has 3 aromatic heterocycles. The second kappa shape index (κ2) is 13.3. The van der Waals surface area contributed by atoms with Gasteiger partial charge in [0, 0.05) is 60.1 Å². The van der Waals surface area contributed by atoms with Crippen molar-refractivity contribution in [3.05, 3.63) is 88.4 Å². The van der Waals surface area contributed by atoms with E-state index in [0.29, 0.717) is 27.2 Å². The van der Waals surface area contributed by atoms with E-state index in [4.69, 9.17) is 10.7 Å². The summed E-state index contributed by atoms with van der Waals surface area (Å²) in [5.74, 6) is -9.44. The van der Waals surface area contributed by atoms with E-state index < -0.39 is 93.5 Å². The van der Waals surface area contributed by atoms with E-state index in [9.17, 15) is 40.0 Å². The lowest BCUT2D eigenvalue weighted by Gasteiger charge is -2.25. The van der Waals surface area contributed by atoms with Crippen molar-refractivity contribution in [2.75, 3.05) is 22.4 Å². The molecule has 1 saturated heterocycles. The number of aromatic nitrogens is 5. The highest BCUT2D eigenvalue weighted by Gasteiger charge is 2.68. The first kappa shape index (κ1) is 38.3. The zero-order chi connectivity index (χ0) is 40.9. The molecule has 4 atom stereocenters. The highest BCUT2D eigenvalue weighted by atomic mass is 32.2. The molecule has 1 aliphatic heterocycles. The van der Waals surface area contributed by atoms with Crippen molar-refractivity contribution in [2.24, 2.45) is 18.7 Å². The Labute approximate surface area is 319 Å². The van der Waals surface area contributed by atoms with Gasteiger partial charge in [-0.25, -0.2) is 22.2 Å². The third-order valence-electron chi connectivity index (χ3n) is 10.3. The molecule has 8 rings (SSSR count). The summed E-state index contributed by atoms with van der Waals surface area (Å²) in [6, 6.07) is 8.53. The lowest BCUT2D eigenvalue weighted by atomic mass is 9.94. The molecule has 3 aliphatic rings. The molecule has 0 radical (unpaired) electrons. The van der Waals surface area contributed by atoms with Gasteiger partial charge in [-0.15, -0.1) is 0 Å². The van der Waals surface area contributed by atoms with E-state index in [0.717, 1.165) is 18.4 Å². The first-order valence-corrected chi connectivity index (χ1v) is 19.4. The van der Waals surface area contributed by atoms with E-state index in [-0.39, 0.29) is 53.8 Å². The monoisotopic (exact) mass is 819 g/mol. The van der Waals surface area contributed by atoms with Crippen molar-refractivity contribution >= 4 is 44.4 Å². The van der Waals surface area contributed by atoms with Gasteiger partial charge < -0.3 is 11.1 Å². The number of alkyl halides is 5. The summed E-state index contributed by atoms with van der Waals surface area (Å²) in [5.41, 5.74) is 3.89. The largest absolute Gasteiger partial charge is 0.435 e. The molecule has 2 amide bonds. The molecule has 300 valence electrons. The van der Waals surface area contributed by atoms with Gasteiger partial charge in [0.25, 0.3) is 5.92 Å². The minimum atomic E-state index is -5.08. The number of amides is 2. The lowest BCUT2D eigenvalue weighted by molar-refractivity contribution is -0.142. The molecule has 1 saturated carbocycles. The Morgan fingerprint density at radius 2 is 1.79 bits per heavy atom. The second-order valence-electron chi connectivity index (χ2n) is 14.6. The number of hydrogen-bond donors (Lipinski definition) is 3. The summed E-state index contributed by atoms with van der Waals surface area (Å²) in [5, 5.41) is 10.7. The normalized spacial score (nSPS) is 20.5. The Morgan fingerprint density at radius 3 is 2.44 bits per heavy atom. The zero-order valence-electron chi connectivity index (χ0n) is 29.9. The summed E-state index contributed by atoms with van der Waals surface area (Å²) < 4.78 is 131. The van der Waals surface area contributed by atoms with Crippen molar-refractivity contribution in [3.63, 3.8) is 0 Å². The predicted molar refractivity (Wildman–Crippen MR) is 190 cm³/mol. The number of pyridine rings is 1. The minimum Gasteiger partial charge on any atom is -0.346 e. The Morgan fingerprint density at radius 1 is 1.07 bits per heavy atom. The number of sulfonamides is 1. The molecule has 2 aromatic carbocycles. The van der Waals surface area contributed by atoms with Crippen LogP contribution in [-0.2, 0) is 51.7 Å². The zero-order valence-corrected chi connectivity index (χ0v) is 30.7. The molecule has 4 heterocycles. The van der Waals surface area contributed by atoms with Gasteiger partial charge in [0.2, 0.25) is 21.8 Å². The number of nitrogens with two attached hydrogens (primary N) is 1. The molecule has 5 aromatic rings. The number of benzene rings is 2. The van der Waals surface area contributed by atoms with Crippen LogP contribution in [0.2, 0.25) is 0 Å². The lowest BCUT2D eigenvalue weighted by Crippen LogP contribution is -2.35. The van der Waals surface area contributed by atoms with E-state index in [1.807, 2.05) is 0 Å². The van der Waals surface area contributed by atoms with Crippen molar-refractivity contribution < 1.29 is 48.7 Å². The quantitative estimate of drug-likeness (QED) is 0.168. The second-order valence-corrected chi connectivity index (χ2v) is 16.3. The number of carbonyl (C=O) groups excluding carboxylic acids is 2. The Kier molecular flexibility index (Phi) is 8.91. The molecule has 13 nitrogen and oxygen atoms in total. The molecule has 2 fully saturated rings. The van der Waals surface area contributed by atoms with Crippen LogP contribution < -0.4 is 20.7 Å². The van der Waals surface area contributed by atoms with E-state index in [1.165, 1.54) is 22.7 Å². The molecule has 57 heavy (non-hydrogen) atoms. The fourth-order valence-corrected chi connectivity index (χ4v) is 8.52. The molecule has 0 spiro atoms. The smallest absolute Gasteiger partial charge is 0.346 e. The number of para-hydroxylation sites is 1. The summed E-state index contributed by atoms with van der Waals surface area (Å²) in [7, 11) is -2.25. The minimum absolute atomic E-state index is 0.000403. The number of carbonyl (C=O) groups is 2. The van der Waals surface area contributed by atoms with Crippen LogP contribution in [0.1, 0.15) is 53.0 Å². The topological polar surface area (TPSA) is 170 Å². The van der Waals surface area contributed by atoms with Crippen molar-refractivity contribution in [2.45, 2.75) is 55.9 Å². The number of fused-ring (bicyclic) bond motifs is 4. The molecule has 4 N–H and O–H groups in total. The summed E-state index contributed by atoms with van der Waals surface area (Å²) in [6.45, 7) is -1.02. The van der Waals surface area contributed by atoms with Crippen LogP contribution in [0.25, 0.3) is 22.0 Å². The van der Waals surface area contributed by atoms with Gasteiger partial charge in [-0.2, -0.15) is 32.1 Å². The van der Waals surface area contributed by atoms with Gasteiger partial charge in [0.15, 0.2) is 11.5 Å². The van der Waals surface area contributed by atoms with Gasteiger partial charge in [-0.1, -0.05) is 12.1 Å². The molecular weight excluding hydrogens is 788 g/mol. The fourth-order valence-electron chi connectivity index (χ4n) is 8.02. The average Bonchev–Trinajstić information content (AvgIpc) is 3.46. The third kappa shape index (κ3) is 6.95. The maximum Gasteiger partial charge on any atom is 0.435 e. The van der Waals surface area contributed by atoms with Crippen LogP contribution in [0.5, 0.6) is 0 Å². The van der Waals surface area contributed by atoms with Gasteiger partial charge in [0.05, 0.1) is 23.5 Å². The third-order valence-corrected chi connectivity index (χ3v) is 10.9. The molecule has 1 unspecified atom stereocenters. The molecule has 0 bridgehead atoms. The molecule has 21 heteroatoms. The first-order valence-electron chi connectivity index (χ1n) is 17.5. The number of halogens is 7. The maximum atomic E-state index is 15.4. The molecular formula is C36H32F7N9O4S. The van der Waals surface area contributed by atoms with Crippen LogP contribution in [-0.4, -0.2) is 63.6 Å². The van der Waals surface area contributed by atoms with Gasteiger partial charge in [0.1, 0.15) is 29.7 Å². The number of rotatable bonds is 10. The van der Waals surface area contributed by atoms with Crippen LogP contribution in [0, 0.1) is 17.6 Å². The Hall–Kier alpha value is -5.57. The number of hydrogen-bond acceptors (Lipinski definition) is 8. The van der Waals surface area contributed by atoms with Crippen LogP contribution in [0.15, 0.2) is 48.5 Å². The number of anilines is 2. The predicted octanol–water partition coefficient (Wildman–Crippen LogP) is 4.87. The van der Waals surface area contributed by atoms with E-state index in [1.54, 1.807) is 24.3 Å². The fraction of sp³-hybridized carbons (Fsp3) is 0.361. The molecule has 2 aliphatic carbocycles. The standard InChI is InChI=1S/C36H32F7N9O4S/c1-50-31-21(4-3-5-22(31)34(48-50)49-57(2,55)56)20-6-7-26(51-14-19(44)12-28(51)54)46-30(20)25(10-16-8-17(37)11-18(38)9-16)45-27(53)15-52-33-29(32(47-52)36(41,42)43)23-13-24(23)35(33,39)40/h3-9,11,19,23-25H,10,12-15,44H2,1-2H3,(H,45,53)(H,48,49)/t19?,23-,24+,25-/m0/s1. The van der Waals surface area contributed by atoms with Gasteiger partial charge in [-0.3, -0.25) is 28.6 Å². The van der Waals surface area contributed by atoms with Crippen LogP contribution in [0.4, 0.5) is 42.4 Å². The SMILES string of the molecule is Cn1nc(NS(C)(=O)=O)c2cccc(-c3ccc(N4CC(N)CC4=O)nc3[C@H](Cc3cc(F)cc(F)c3)NC(=O)Cn3nc(C(F)(F)F)c4c3C(F)(F)[C@@H]3C[C@H]43)c21. The average molecular weight is 820 g/mol. The van der Waals surface area contributed by atoms with E-state index in [2.05, 4.69) is 20.2 Å². The van der Waals surface area contributed by atoms with E-state index >= 15 is 8.78 Å². The Bertz CT molecular complexity index is 2590. The van der Waals surface area contributed by atoms with Crippen molar-refractivity contribution in [1.29, 1.82) is 0 Å². The summed E-state index contributed by atoms with van der Waals surface area (Å²) in [6.07, 6.45) is -4.70. The maximum absolute atomic E-state index is 15.4. The summed E-state index contributed by atoms with van der Waals surface area (Å²) in [4.78, 5) is 33.0. The van der Waals surface area contributed by atoms with Crippen molar-refractivity contribution in [1.82, 2.24) is 29.9 Å². The summed E-state index contributed by atoms with van der Waals surface area (Å²) >= 11 is 0. The highest BCUT2D eigenvalue weighted by molar-refractivity contribution is 7.92.